The van der Waals surface area contributed by atoms with Crippen LogP contribution in [0.2, 0.25) is 0 Å². The van der Waals surface area contributed by atoms with Gasteiger partial charge in [-0.2, -0.15) is 4.39 Å². The van der Waals surface area contributed by atoms with E-state index in [0.717, 1.165) is 12.3 Å². The first kappa shape index (κ1) is 16.4. The highest BCUT2D eigenvalue weighted by molar-refractivity contribution is 6.15. The van der Waals surface area contributed by atoms with Gasteiger partial charge in [0, 0.05) is 37.4 Å². The maximum atomic E-state index is 13.8. The van der Waals surface area contributed by atoms with Crippen molar-refractivity contribution in [3.8, 4) is 0 Å². The normalized spacial score (nSPS) is 16.4. The molecule has 0 unspecified atom stereocenters. The first-order chi connectivity index (χ1) is 10.6. The van der Waals surface area contributed by atoms with E-state index in [0.29, 0.717) is 0 Å². The third kappa shape index (κ3) is 3.28. The van der Waals surface area contributed by atoms with Gasteiger partial charge >= 0.3 is 17.6 Å². The van der Waals surface area contributed by atoms with Crippen molar-refractivity contribution in [3.05, 3.63) is 45.4 Å². The molecule has 0 saturated carbocycles. The molecule has 2 rings (SSSR count). The molecule has 1 fully saturated rings. The molecule has 0 bridgehead atoms. The Morgan fingerprint density at radius 3 is 2.35 bits per heavy atom. The van der Waals surface area contributed by atoms with Crippen molar-refractivity contribution in [2.45, 2.75) is 26.6 Å². The van der Waals surface area contributed by atoms with Gasteiger partial charge in [0.05, 0.1) is 4.92 Å². The SMILES string of the molecule is Cc1c(NC=C2C(=O)OC(C)(C)OC2=O)ccc([N+](=O)[O-])c1F. The van der Waals surface area contributed by atoms with Crippen LogP contribution in [0.3, 0.4) is 0 Å². The van der Waals surface area contributed by atoms with E-state index in [4.69, 9.17) is 9.47 Å². The lowest BCUT2D eigenvalue weighted by Crippen LogP contribution is -2.42. The average molecular weight is 324 g/mol. The molecule has 8 nitrogen and oxygen atoms in total. The number of carbonyl (C=O) groups is 2. The van der Waals surface area contributed by atoms with E-state index in [9.17, 15) is 24.1 Å². The number of carbonyl (C=O) groups excluding carboxylic acids is 2. The van der Waals surface area contributed by atoms with Gasteiger partial charge in [0.25, 0.3) is 5.79 Å². The van der Waals surface area contributed by atoms with Crippen LogP contribution < -0.4 is 5.32 Å². The van der Waals surface area contributed by atoms with Crippen LogP contribution in [0.5, 0.6) is 0 Å². The van der Waals surface area contributed by atoms with Gasteiger partial charge in [-0.05, 0) is 13.0 Å². The second-order valence-corrected chi connectivity index (χ2v) is 5.21. The third-order valence-corrected chi connectivity index (χ3v) is 3.05. The van der Waals surface area contributed by atoms with E-state index in [-0.39, 0.29) is 11.3 Å². The van der Waals surface area contributed by atoms with E-state index >= 15 is 0 Å². The number of hydrogen-bond donors (Lipinski definition) is 1. The number of nitro groups is 1. The van der Waals surface area contributed by atoms with Gasteiger partial charge in [0.2, 0.25) is 5.82 Å². The van der Waals surface area contributed by atoms with Crippen molar-refractivity contribution < 1.29 is 28.4 Å². The molecule has 23 heavy (non-hydrogen) atoms. The second-order valence-electron chi connectivity index (χ2n) is 5.21. The molecule has 0 atom stereocenters. The minimum atomic E-state index is -1.36. The zero-order chi connectivity index (χ0) is 17.4. The van der Waals surface area contributed by atoms with Crippen LogP contribution in [0.25, 0.3) is 0 Å². The van der Waals surface area contributed by atoms with Gasteiger partial charge in [-0.3, -0.25) is 10.1 Å². The molecule has 9 heteroatoms. The van der Waals surface area contributed by atoms with Gasteiger partial charge in [-0.15, -0.1) is 0 Å². The molecule has 122 valence electrons. The lowest BCUT2D eigenvalue weighted by molar-refractivity contribution is -0.387. The number of esters is 2. The van der Waals surface area contributed by atoms with Gasteiger partial charge in [-0.25, -0.2) is 9.59 Å². The molecule has 1 aliphatic rings. The topological polar surface area (TPSA) is 108 Å². The van der Waals surface area contributed by atoms with Crippen molar-refractivity contribution in [2.24, 2.45) is 0 Å². The predicted molar refractivity (Wildman–Crippen MR) is 75.8 cm³/mol. The highest BCUT2D eigenvalue weighted by Gasteiger charge is 2.39. The Kier molecular flexibility index (Phi) is 4.04. The summed E-state index contributed by atoms with van der Waals surface area (Å²) in [6.45, 7) is 4.13. The molecule has 0 aromatic heterocycles. The Bertz CT molecular complexity index is 719. The number of rotatable bonds is 3. The summed E-state index contributed by atoms with van der Waals surface area (Å²) >= 11 is 0. The Morgan fingerprint density at radius 2 is 1.83 bits per heavy atom. The molecule has 1 aromatic carbocycles. The first-order valence-corrected chi connectivity index (χ1v) is 6.49. The van der Waals surface area contributed by atoms with Crippen LogP contribution in [0.15, 0.2) is 23.9 Å². The smallest absolute Gasteiger partial charge is 0.350 e. The largest absolute Gasteiger partial charge is 0.419 e. The second kappa shape index (κ2) is 5.67. The fourth-order valence-electron chi connectivity index (χ4n) is 1.90. The molecule has 1 aliphatic heterocycles. The maximum absolute atomic E-state index is 13.8. The average Bonchev–Trinajstić information content (AvgIpc) is 2.40. The van der Waals surface area contributed by atoms with Crippen LogP contribution in [0.1, 0.15) is 19.4 Å². The monoisotopic (exact) mass is 324 g/mol. The summed E-state index contributed by atoms with van der Waals surface area (Å²) in [6, 6.07) is 2.24. The van der Waals surface area contributed by atoms with E-state index in [2.05, 4.69) is 5.32 Å². The highest BCUT2D eigenvalue weighted by Crippen LogP contribution is 2.27. The van der Waals surface area contributed by atoms with Gasteiger partial charge in [0.1, 0.15) is 0 Å². The summed E-state index contributed by atoms with van der Waals surface area (Å²) in [5, 5.41) is 13.2. The van der Waals surface area contributed by atoms with Crippen molar-refractivity contribution in [1.82, 2.24) is 0 Å². The van der Waals surface area contributed by atoms with Crippen LogP contribution >= 0.6 is 0 Å². The number of nitro benzene ring substituents is 1. The molecular formula is C14H13FN2O6. The molecule has 0 radical (unpaired) electrons. The Labute approximate surface area is 130 Å². The van der Waals surface area contributed by atoms with Gasteiger partial charge in [-0.1, -0.05) is 0 Å². The summed E-state index contributed by atoms with van der Waals surface area (Å²) in [5.41, 5.74) is -0.943. The molecule has 1 heterocycles. The first-order valence-electron chi connectivity index (χ1n) is 6.49. The summed E-state index contributed by atoms with van der Waals surface area (Å²) in [6.07, 6.45) is 1.01. The summed E-state index contributed by atoms with van der Waals surface area (Å²) < 4.78 is 23.6. The highest BCUT2D eigenvalue weighted by atomic mass is 19.1. The Balaban J connectivity index is 2.27. The zero-order valence-electron chi connectivity index (χ0n) is 12.5. The van der Waals surface area contributed by atoms with Crippen molar-refractivity contribution >= 4 is 23.3 Å². The van der Waals surface area contributed by atoms with E-state index in [1.807, 2.05) is 0 Å². The summed E-state index contributed by atoms with van der Waals surface area (Å²) in [5.74, 6) is -4.15. The summed E-state index contributed by atoms with van der Waals surface area (Å²) in [7, 11) is 0. The van der Waals surface area contributed by atoms with Crippen molar-refractivity contribution in [1.29, 1.82) is 0 Å². The van der Waals surface area contributed by atoms with Gasteiger partial charge < -0.3 is 14.8 Å². The van der Waals surface area contributed by atoms with Crippen LogP contribution in [-0.2, 0) is 19.1 Å². The molecule has 1 saturated heterocycles. The zero-order valence-corrected chi connectivity index (χ0v) is 12.5. The number of nitrogens with one attached hydrogen (secondary N) is 1. The standard InChI is InChI=1S/C14H13FN2O6/c1-7-9(4-5-10(11(7)15)17(20)21)16-6-8-12(18)22-14(2,3)23-13(8)19/h4-6,16H,1-3H3. The number of ether oxygens (including phenoxy) is 2. The molecule has 0 aliphatic carbocycles. The molecule has 0 spiro atoms. The fourth-order valence-corrected chi connectivity index (χ4v) is 1.90. The fraction of sp³-hybridized carbons (Fsp3) is 0.286. The lowest BCUT2D eigenvalue weighted by atomic mass is 10.1. The molecule has 1 N–H and O–H groups in total. The lowest BCUT2D eigenvalue weighted by Gasteiger charge is -2.29. The van der Waals surface area contributed by atoms with Crippen LogP contribution in [-0.4, -0.2) is 22.6 Å². The summed E-state index contributed by atoms with van der Waals surface area (Å²) in [4.78, 5) is 33.3. The minimum absolute atomic E-state index is 0.0334. The van der Waals surface area contributed by atoms with Gasteiger partial charge in [0.15, 0.2) is 5.57 Å². The number of cyclic esters (lactones) is 2. The number of anilines is 1. The number of nitrogens with zero attached hydrogens (tertiary/aromatic N) is 1. The van der Waals surface area contributed by atoms with Crippen LogP contribution in [0, 0.1) is 22.9 Å². The van der Waals surface area contributed by atoms with Crippen molar-refractivity contribution in [3.63, 3.8) is 0 Å². The molecular weight excluding hydrogens is 311 g/mol. The molecule has 0 amide bonds. The number of halogens is 1. The maximum Gasteiger partial charge on any atom is 0.350 e. The van der Waals surface area contributed by atoms with Crippen molar-refractivity contribution in [2.75, 3.05) is 5.32 Å². The van der Waals surface area contributed by atoms with E-state index < -0.39 is 39.7 Å². The predicted octanol–water partition coefficient (Wildman–Crippen LogP) is 2.17. The quantitative estimate of drug-likeness (QED) is 0.298. The van der Waals surface area contributed by atoms with E-state index in [1.54, 1.807) is 0 Å². The van der Waals surface area contributed by atoms with Crippen LogP contribution in [0.4, 0.5) is 15.8 Å². The number of benzene rings is 1. The molecule has 1 aromatic rings. The Morgan fingerprint density at radius 1 is 1.26 bits per heavy atom. The Hall–Kier alpha value is -2.97. The van der Waals surface area contributed by atoms with E-state index in [1.165, 1.54) is 26.8 Å². The minimum Gasteiger partial charge on any atom is -0.419 e. The third-order valence-electron chi connectivity index (χ3n) is 3.05. The number of hydrogen-bond acceptors (Lipinski definition) is 7.